The highest BCUT2D eigenvalue weighted by molar-refractivity contribution is 5.99. The first-order valence-electron chi connectivity index (χ1n) is 7.25. The number of amides is 2. The van der Waals surface area contributed by atoms with Crippen LogP contribution in [0.15, 0.2) is 24.3 Å². The third-order valence-electron chi connectivity index (χ3n) is 4.42. The van der Waals surface area contributed by atoms with E-state index in [2.05, 4.69) is 5.32 Å². The minimum atomic E-state index is -0.832. The van der Waals surface area contributed by atoms with Crippen molar-refractivity contribution in [3.63, 3.8) is 0 Å². The molecule has 21 heavy (non-hydrogen) atoms. The van der Waals surface area contributed by atoms with E-state index in [0.29, 0.717) is 13.2 Å². The van der Waals surface area contributed by atoms with E-state index in [1.807, 2.05) is 24.3 Å². The molecule has 0 aliphatic carbocycles. The molecule has 2 atom stereocenters. The third kappa shape index (κ3) is 2.17. The molecule has 1 N–H and O–H groups in total. The Hall–Kier alpha value is -2.04. The molecule has 0 radical (unpaired) electrons. The van der Waals surface area contributed by atoms with Gasteiger partial charge >= 0.3 is 0 Å². The second kappa shape index (κ2) is 4.76. The molecule has 1 aromatic carbocycles. The van der Waals surface area contributed by atoms with Crippen molar-refractivity contribution >= 4 is 11.8 Å². The molecule has 1 saturated heterocycles. The fourth-order valence-electron chi connectivity index (χ4n) is 2.99. The van der Waals surface area contributed by atoms with E-state index in [1.54, 1.807) is 25.7 Å². The zero-order valence-corrected chi connectivity index (χ0v) is 12.6. The van der Waals surface area contributed by atoms with Crippen LogP contribution in [0.5, 0.6) is 5.75 Å². The number of hydrogen-bond donors (Lipinski definition) is 1. The Labute approximate surface area is 124 Å². The molecule has 0 saturated carbocycles. The topological polar surface area (TPSA) is 58.6 Å². The first kappa shape index (κ1) is 13.9. The summed E-state index contributed by atoms with van der Waals surface area (Å²) in [4.78, 5) is 26.3. The monoisotopic (exact) mass is 288 g/mol. The highest BCUT2D eigenvalue weighted by Crippen LogP contribution is 2.35. The normalized spacial score (nSPS) is 27.1. The third-order valence-corrected chi connectivity index (χ3v) is 4.42. The Balaban J connectivity index is 1.86. The molecule has 1 fully saturated rings. The average Bonchev–Trinajstić information content (AvgIpc) is 2.85. The van der Waals surface area contributed by atoms with E-state index in [1.165, 1.54) is 0 Å². The minimum Gasteiger partial charge on any atom is -0.493 e. The lowest BCUT2D eigenvalue weighted by molar-refractivity contribution is -0.155. The number of benzene rings is 1. The molecule has 3 rings (SSSR count). The number of para-hydroxylation sites is 1. The van der Waals surface area contributed by atoms with Crippen molar-refractivity contribution in [2.45, 2.75) is 38.3 Å². The first-order chi connectivity index (χ1) is 9.91. The van der Waals surface area contributed by atoms with Crippen LogP contribution in [0.2, 0.25) is 0 Å². The van der Waals surface area contributed by atoms with Crippen molar-refractivity contribution in [2.24, 2.45) is 0 Å². The number of nitrogens with zero attached hydrogens (tertiary/aromatic N) is 1. The summed E-state index contributed by atoms with van der Waals surface area (Å²) in [6.45, 7) is 6.35. The number of fused-ring (bicyclic) bond motifs is 1. The Kier molecular flexibility index (Phi) is 3.15. The summed E-state index contributed by atoms with van der Waals surface area (Å²) in [5.74, 6) is 0.843. The SMILES string of the molecule is CC1NC(=O)C(C)(C)N(CC2COc3ccccc32)C1=O. The van der Waals surface area contributed by atoms with Crippen molar-refractivity contribution < 1.29 is 14.3 Å². The molecular formula is C16H20N2O3. The van der Waals surface area contributed by atoms with Crippen molar-refractivity contribution in [2.75, 3.05) is 13.2 Å². The number of rotatable bonds is 2. The van der Waals surface area contributed by atoms with Gasteiger partial charge in [0.1, 0.15) is 17.3 Å². The maximum absolute atomic E-state index is 12.5. The van der Waals surface area contributed by atoms with Gasteiger partial charge in [0.2, 0.25) is 11.8 Å². The molecule has 2 heterocycles. The summed E-state index contributed by atoms with van der Waals surface area (Å²) >= 11 is 0. The standard InChI is InChI=1S/C16H20N2O3/c1-10-14(19)18(16(2,3)15(20)17-10)8-11-9-21-13-7-5-4-6-12(11)13/h4-7,10-11H,8-9H2,1-3H3,(H,17,20). The van der Waals surface area contributed by atoms with E-state index < -0.39 is 11.6 Å². The average molecular weight is 288 g/mol. The summed E-state index contributed by atoms with van der Waals surface area (Å²) < 4.78 is 5.67. The molecule has 112 valence electrons. The van der Waals surface area contributed by atoms with Gasteiger partial charge in [-0.2, -0.15) is 0 Å². The fourth-order valence-corrected chi connectivity index (χ4v) is 2.99. The van der Waals surface area contributed by atoms with Gasteiger partial charge in [0.25, 0.3) is 0 Å². The van der Waals surface area contributed by atoms with Crippen LogP contribution >= 0.6 is 0 Å². The molecule has 2 aliphatic rings. The van der Waals surface area contributed by atoms with Crippen LogP contribution in [-0.2, 0) is 9.59 Å². The van der Waals surface area contributed by atoms with Crippen molar-refractivity contribution in [1.29, 1.82) is 0 Å². The smallest absolute Gasteiger partial charge is 0.246 e. The van der Waals surface area contributed by atoms with E-state index >= 15 is 0 Å². The van der Waals surface area contributed by atoms with Crippen LogP contribution in [0.1, 0.15) is 32.3 Å². The van der Waals surface area contributed by atoms with Crippen LogP contribution in [0.4, 0.5) is 0 Å². The summed E-state index contributed by atoms with van der Waals surface area (Å²) in [5.41, 5.74) is 0.279. The van der Waals surface area contributed by atoms with Crippen LogP contribution in [0, 0.1) is 0 Å². The largest absolute Gasteiger partial charge is 0.493 e. The van der Waals surface area contributed by atoms with Gasteiger partial charge in [0, 0.05) is 18.0 Å². The highest BCUT2D eigenvalue weighted by atomic mass is 16.5. The van der Waals surface area contributed by atoms with E-state index in [9.17, 15) is 9.59 Å². The predicted molar refractivity (Wildman–Crippen MR) is 78.1 cm³/mol. The lowest BCUT2D eigenvalue weighted by Crippen LogP contribution is -2.68. The minimum absolute atomic E-state index is 0.0380. The van der Waals surface area contributed by atoms with Crippen LogP contribution in [-0.4, -0.2) is 41.4 Å². The molecule has 0 bridgehead atoms. The number of carbonyl (C=O) groups is 2. The van der Waals surface area contributed by atoms with Crippen LogP contribution in [0.25, 0.3) is 0 Å². The van der Waals surface area contributed by atoms with Gasteiger partial charge in [-0.3, -0.25) is 9.59 Å². The van der Waals surface area contributed by atoms with Gasteiger partial charge < -0.3 is 15.0 Å². The summed E-state index contributed by atoms with van der Waals surface area (Å²) in [6, 6.07) is 7.40. The van der Waals surface area contributed by atoms with E-state index in [-0.39, 0.29) is 17.7 Å². The van der Waals surface area contributed by atoms with Crippen molar-refractivity contribution in [1.82, 2.24) is 10.2 Å². The highest BCUT2D eigenvalue weighted by Gasteiger charge is 2.46. The molecule has 5 heteroatoms. The number of nitrogens with one attached hydrogen (secondary N) is 1. The fraction of sp³-hybridized carbons (Fsp3) is 0.500. The van der Waals surface area contributed by atoms with Crippen LogP contribution in [0.3, 0.4) is 0 Å². The van der Waals surface area contributed by atoms with Crippen LogP contribution < -0.4 is 10.1 Å². The maximum Gasteiger partial charge on any atom is 0.246 e. The number of piperazine rings is 1. The van der Waals surface area contributed by atoms with E-state index in [0.717, 1.165) is 11.3 Å². The molecule has 0 aromatic heterocycles. The molecule has 2 amide bonds. The van der Waals surface area contributed by atoms with Gasteiger partial charge in [-0.15, -0.1) is 0 Å². The van der Waals surface area contributed by atoms with Gasteiger partial charge in [-0.05, 0) is 26.8 Å². The molecule has 0 spiro atoms. The Morgan fingerprint density at radius 1 is 1.33 bits per heavy atom. The molecule has 2 unspecified atom stereocenters. The zero-order chi connectivity index (χ0) is 15.2. The second-order valence-electron chi connectivity index (χ2n) is 6.25. The Morgan fingerprint density at radius 2 is 2.05 bits per heavy atom. The Bertz CT molecular complexity index is 597. The quantitative estimate of drug-likeness (QED) is 0.892. The predicted octanol–water partition coefficient (Wildman–Crippen LogP) is 1.29. The van der Waals surface area contributed by atoms with Crippen molar-refractivity contribution in [3.8, 4) is 5.75 Å². The lowest BCUT2D eigenvalue weighted by Gasteiger charge is -2.44. The van der Waals surface area contributed by atoms with E-state index in [4.69, 9.17) is 4.74 Å². The summed E-state index contributed by atoms with van der Waals surface area (Å²) in [5, 5.41) is 2.73. The summed E-state index contributed by atoms with van der Waals surface area (Å²) in [7, 11) is 0. The second-order valence-corrected chi connectivity index (χ2v) is 6.25. The van der Waals surface area contributed by atoms with Gasteiger partial charge in [0.05, 0.1) is 6.61 Å². The zero-order valence-electron chi connectivity index (χ0n) is 12.6. The number of ether oxygens (including phenoxy) is 1. The molecule has 2 aliphatic heterocycles. The lowest BCUT2D eigenvalue weighted by atomic mass is 9.92. The first-order valence-corrected chi connectivity index (χ1v) is 7.25. The number of hydrogen-bond acceptors (Lipinski definition) is 3. The van der Waals surface area contributed by atoms with Gasteiger partial charge in [-0.1, -0.05) is 18.2 Å². The molecule has 5 nitrogen and oxygen atoms in total. The number of carbonyl (C=O) groups excluding carboxylic acids is 2. The van der Waals surface area contributed by atoms with Gasteiger partial charge in [0.15, 0.2) is 0 Å². The Morgan fingerprint density at radius 3 is 2.81 bits per heavy atom. The maximum atomic E-state index is 12.5. The van der Waals surface area contributed by atoms with Gasteiger partial charge in [-0.25, -0.2) is 0 Å². The molecule has 1 aromatic rings. The summed E-state index contributed by atoms with van der Waals surface area (Å²) in [6.07, 6.45) is 0. The molecular weight excluding hydrogens is 268 g/mol. The van der Waals surface area contributed by atoms with Crippen molar-refractivity contribution in [3.05, 3.63) is 29.8 Å².